The van der Waals surface area contributed by atoms with Gasteiger partial charge in [-0.1, -0.05) is 6.08 Å². The number of ether oxygens (including phenoxy) is 1. The van der Waals surface area contributed by atoms with Gasteiger partial charge in [0.1, 0.15) is 0 Å². The molecule has 0 aromatic heterocycles. The first-order valence-electron chi connectivity index (χ1n) is 5.38. The molecule has 0 bridgehead atoms. The Labute approximate surface area is 90.5 Å². The molecule has 4 nitrogen and oxygen atoms in total. The molecule has 1 atom stereocenters. The molecular formula is C11H19NO3. The molecule has 0 spiro atoms. The van der Waals surface area contributed by atoms with E-state index in [1.54, 1.807) is 11.0 Å². The Balaban J connectivity index is 2.05. The second-order valence-electron chi connectivity index (χ2n) is 3.75. The van der Waals surface area contributed by atoms with Gasteiger partial charge >= 0.3 is 0 Å². The normalized spacial score (nSPS) is 20.6. The number of hydrogen-bond acceptors (Lipinski definition) is 3. The molecule has 0 unspecified atom stereocenters. The molecule has 1 aliphatic heterocycles. The van der Waals surface area contributed by atoms with Crippen molar-refractivity contribution in [2.24, 2.45) is 0 Å². The van der Waals surface area contributed by atoms with E-state index in [9.17, 15) is 9.90 Å². The summed E-state index contributed by atoms with van der Waals surface area (Å²) in [5.74, 6) is 0.119. The van der Waals surface area contributed by atoms with E-state index >= 15 is 0 Å². The molecule has 0 aliphatic carbocycles. The maximum atomic E-state index is 11.6. The highest BCUT2D eigenvalue weighted by molar-refractivity contribution is 5.76. The summed E-state index contributed by atoms with van der Waals surface area (Å²) in [6.07, 6.45) is 3.31. The van der Waals surface area contributed by atoms with E-state index in [2.05, 4.69) is 6.58 Å². The topological polar surface area (TPSA) is 49.8 Å². The van der Waals surface area contributed by atoms with Gasteiger partial charge in [0.2, 0.25) is 5.91 Å². The summed E-state index contributed by atoms with van der Waals surface area (Å²) < 4.78 is 5.18. The van der Waals surface area contributed by atoms with Crippen molar-refractivity contribution in [1.82, 2.24) is 4.90 Å². The Bertz CT molecular complexity index is 218. The van der Waals surface area contributed by atoms with Gasteiger partial charge in [-0.05, 0) is 12.8 Å². The van der Waals surface area contributed by atoms with Crippen LogP contribution in [0.5, 0.6) is 0 Å². The van der Waals surface area contributed by atoms with Crippen LogP contribution in [0.15, 0.2) is 12.7 Å². The van der Waals surface area contributed by atoms with Crippen molar-refractivity contribution in [2.45, 2.75) is 25.4 Å². The number of likely N-dealkylation sites (tertiary alicyclic amines) is 1. The summed E-state index contributed by atoms with van der Waals surface area (Å²) in [5.41, 5.74) is 0. The fourth-order valence-electron chi connectivity index (χ4n) is 1.62. The number of aliphatic hydroxyl groups is 1. The molecule has 1 rings (SSSR count). The van der Waals surface area contributed by atoms with Crippen molar-refractivity contribution in [3.05, 3.63) is 12.7 Å². The van der Waals surface area contributed by atoms with Gasteiger partial charge in [0.05, 0.1) is 12.7 Å². The van der Waals surface area contributed by atoms with Crippen LogP contribution in [0.1, 0.15) is 19.3 Å². The molecule has 86 valence electrons. The average molecular weight is 213 g/mol. The third-order valence-corrected chi connectivity index (χ3v) is 2.43. The lowest BCUT2D eigenvalue weighted by Gasteiger charge is -2.15. The predicted octanol–water partition coefficient (Wildman–Crippen LogP) is 0.562. The minimum absolute atomic E-state index is 0.119. The Morgan fingerprint density at radius 3 is 3.07 bits per heavy atom. The third kappa shape index (κ3) is 4.44. The molecule has 1 heterocycles. The lowest BCUT2D eigenvalue weighted by molar-refractivity contribution is -0.130. The molecule has 1 saturated heterocycles. The van der Waals surface area contributed by atoms with Gasteiger partial charge in [0.25, 0.3) is 0 Å². The molecule has 4 heteroatoms. The van der Waals surface area contributed by atoms with Crippen molar-refractivity contribution in [1.29, 1.82) is 0 Å². The van der Waals surface area contributed by atoms with Gasteiger partial charge in [-0.25, -0.2) is 0 Å². The van der Waals surface area contributed by atoms with E-state index in [-0.39, 0.29) is 12.0 Å². The second-order valence-corrected chi connectivity index (χ2v) is 3.75. The van der Waals surface area contributed by atoms with Gasteiger partial charge in [-0.2, -0.15) is 0 Å². The van der Waals surface area contributed by atoms with Gasteiger partial charge in [0, 0.05) is 26.1 Å². The molecule has 0 aromatic rings. The quantitative estimate of drug-likeness (QED) is 0.518. The molecule has 1 aliphatic rings. The number of amides is 1. The Kier molecular flexibility index (Phi) is 5.36. The Hall–Kier alpha value is -0.870. The van der Waals surface area contributed by atoms with Gasteiger partial charge < -0.3 is 14.7 Å². The zero-order valence-electron chi connectivity index (χ0n) is 9.02. The third-order valence-electron chi connectivity index (χ3n) is 2.43. The predicted molar refractivity (Wildman–Crippen MR) is 57.5 cm³/mol. The summed E-state index contributed by atoms with van der Waals surface area (Å²) in [6.45, 7) is 5.85. The van der Waals surface area contributed by atoms with Crippen molar-refractivity contribution >= 4 is 5.91 Å². The van der Waals surface area contributed by atoms with E-state index in [0.717, 1.165) is 6.42 Å². The number of β-amino-alcohol motifs (C(OH)–C–C–N with tert-alkyl or cyclic N) is 1. The number of carbonyl (C=O) groups is 1. The molecule has 0 saturated carbocycles. The maximum absolute atomic E-state index is 11.6. The molecule has 0 aromatic carbocycles. The molecule has 1 N–H and O–H groups in total. The minimum Gasteiger partial charge on any atom is -0.391 e. The van der Waals surface area contributed by atoms with Crippen LogP contribution in [-0.4, -0.2) is 48.3 Å². The van der Waals surface area contributed by atoms with E-state index in [4.69, 9.17) is 4.74 Å². The minimum atomic E-state index is -0.328. The molecule has 1 fully saturated rings. The van der Waals surface area contributed by atoms with E-state index in [1.807, 2.05) is 0 Å². The monoisotopic (exact) mass is 213 g/mol. The highest BCUT2D eigenvalue weighted by atomic mass is 16.5. The molecular weight excluding hydrogens is 194 g/mol. The van der Waals surface area contributed by atoms with Crippen LogP contribution in [0.25, 0.3) is 0 Å². The van der Waals surface area contributed by atoms with Crippen molar-refractivity contribution < 1.29 is 14.6 Å². The summed E-state index contributed by atoms with van der Waals surface area (Å²) in [6, 6.07) is 0. The highest BCUT2D eigenvalue weighted by Gasteiger charge is 2.23. The standard InChI is InChI=1S/C11H19NO3/c1-2-7-15-8-3-4-11(14)12-6-5-10(13)9-12/h2,10,13H,1,3-9H2/t10-/m1/s1. The summed E-state index contributed by atoms with van der Waals surface area (Å²) in [4.78, 5) is 13.3. The first-order valence-corrected chi connectivity index (χ1v) is 5.38. The van der Waals surface area contributed by atoms with Crippen molar-refractivity contribution in [3.63, 3.8) is 0 Å². The first-order chi connectivity index (χ1) is 7.24. The summed E-state index contributed by atoms with van der Waals surface area (Å²) >= 11 is 0. The maximum Gasteiger partial charge on any atom is 0.222 e. The van der Waals surface area contributed by atoms with Crippen LogP contribution in [0.4, 0.5) is 0 Å². The van der Waals surface area contributed by atoms with Crippen molar-refractivity contribution in [3.8, 4) is 0 Å². The molecule has 0 radical (unpaired) electrons. The van der Waals surface area contributed by atoms with Crippen LogP contribution in [0.3, 0.4) is 0 Å². The van der Waals surface area contributed by atoms with Crippen LogP contribution in [0, 0.1) is 0 Å². The first kappa shape index (κ1) is 12.2. The van der Waals surface area contributed by atoms with Crippen LogP contribution < -0.4 is 0 Å². The van der Waals surface area contributed by atoms with Crippen molar-refractivity contribution in [2.75, 3.05) is 26.3 Å². The number of nitrogens with zero attached hydrogens (tertiary/aromatic N) is 1. The fraction of sp³-hybridized carbons (Fsp3) is 0.727. The zero-order chi connectivity index (χ0) is 11.1. The lowest BCUT2D eigenvalue weighted by atomic mass is 10.3. The van der Waals surface area contributed by atoms with Crippen LogP contribution >= 0.6 is 0 Å². The van der Waals surface area contributed by atoms with Crippen LogP contribution in [0.2, 0.25) is 0 Å². The van der Waals surface area contributed by atoms with Gasteiger partial charge in [-0.3, -0.25) is 4.79 Å². The van der Waals surface area contributed by atoms with E-state index in [1.165, 1.54) is 0 Å². The number of carbonyl (C=O) groups excluding carboxylic acids is 1. The largest absolute Gasteiger partial charge is 0.391 e. The SMILES string of the molecule is C=CCOCCCC(=O)N1CC[C@@H](O)C1. The van der Waals surface area contributed by atoms with E-state index < -0.39 is 0 Å². The zero-order valence-corrected chi connectivity index (χ0v) is 9.02. The highest BCUT2D eigenvalue weighted by Crippen LogP contribution is 2.10. The van der Waals surface area contributed by atoms with E-state index in [0.29, 0.717) is 39.1 Å². The number of aliphatic hydroxyl groups excluding tert-OH is 1. The number of rotatable bonds is 6. The lowest BCUT2D eigenvalue weighted by Crippen LogP contribution is -2.29. The van der Waals surface area contributed by atoms with Gasteiger partial charge in [0.15, 0.2) is 0 Å². The smallest absolute Gasteiger partial charge is 0.222 e. The van der Waals surface area contributed by atoms with Crippen LogP contribution in [-0.2, 0) is 9.53 Å². The summed E-state index contributed by atoms with van der Waals surface area (Å²) in [5, 5.41) is 9.26. The Morgan fingerprint density at radius 2 is 2.47 bits per heavy atom. The summed E-state index contributed by atoms with van der Waals surface area (Å²) in [7, 11) is 0. The number of hydrogen-bond donors (Lipinski definition) is 1. The second kappa shape index (κ2) is 6.58. The molecule has 15 heavy (non-hydrogen) atoms. The molecule has 1 amide bonds. The average Bonchev–Trinajstić information content (AvgIpc) is 2.64. The van der Waals surface area contributed by atoms with Gasteiger partial charge in [-0.15, -0.1) is 6.58 Å². The fourth-order valence-corrected chi connectivity index (χ4v) is 1.62. The Morgan fingerprint density at radius 1 is 1.67 bits per heavy atom.